The highest BCUT2D eigenvalue weighted by atomic mass is 16.5. The van der Waals surface area contributed by atoms with Crippen LogP contribution < -0.4 is 5.32 Å². The van der Waals surface area contributed by atoms with E-state index in [-0.39, 0.29) is 0 Å². The van der Waals surface area contributed by atoms with E-state index in [9.17, 15) is 0 Å². The number of hydrogen-bond acceptors (Lipinski definition) is 4. The molecule has 0 radical (unpaired) electrons. The van der Waals surface area contributed by atoms with Gasteiger partial charge in [0.15, 0.2) is 0 Å². The minimum Gasteiger partial charge on any atom is -0.459 e. The summed E-state index contributed by atoms with van der Waals surface area (Å²) in [6, 6.07) is 14.7. The van der Waals surface area contributed by atoms with Gasteiger partial charge in [-0.2, -0.15) is 4.85 Å². The first-order valence-electron chi connectivity index (χ1n) is 6.97. The molecule has 1 aliphatic rings. The Bertz CT molecular complexity index is 751. The van der Waals surface area contributed by atoms with Gasteiger partial charge in [0.05, 0.1) is 18.8 Å². The third kappa shape index (κ3) is 3.15. The number of aliphatic imine (C=N–C) groups is 1. The smallest absolute Gasteiger partial charge is 0.459 e. The molecule has 0 spiro atoms. The van der Waals surface area contributed by atoms with Crippen molar-refractivity contribution >= 4 is 5.96 Å². The normalized spacial score (nSPS) is 13.8. The van der Waals surface area contributed by atoms with E-state index in [4.69, 9.17) is 4.74 Å². The maximum atomic E-state index is 5.87. The van der Waals surface area contributed by atoms with E-state index in [2.05, 4.69) is 26.3 Å². The van der Waals surface area contributed by atoms with Crippen LogP contribution in [0.25, 0.3) is 4.85 Å². The highest BCUT2D eigenvalue weighted by Gasteiger charge is 2.21. The van der Waals surface area contributed by atoms with Crippen molar-refractivity contribution in [1.29, 1.82) is 0 Å². The number of hydrogen-bond donors (Lipinski definition) is 1. The first-order valence-corrected chi connectivity index (χ1v) is 6.97. The summed E-state index contributed by atoms with van der Waals surface area (Å²) in [6.45, 7) is 0.442. The Hall–Kier alpha value is -3.07. The van der Waals surface area contributed by atoms with Crippen LogP contribution >= 0.6 is 0 Å². The van der Waals surface area contributed by atoms with Gasteiger partial charge in [-0.25, -0.2) is 0 Å². The van der Waals surface area contributed by atoms with Gasteiger partial charge in [0.2, 0.25) is 0 Å². The fourth-order valence-corrected chi connectivity index (χ4v) is 1.98. The second-order valence-corrected chi connectivity index (χ2v) is 4.62. The van der Waals surface area contributed by atoms with Crippen molar-refractivity contribution in [2.45, 2.75) is 13.0 Å². The fourth-order valence-electron chi connectivity index (χ4n) is 1.98. The Labute approximate surface area is 128 Å². The molecule has 0 unspecified atom stereocenters. The molecule has 3 rings (SSSR count). The molecule has 0 fully saturated rings. The Morgan fingerprint density at radius 2 is 2.18 bits per heavy atom. The van der Waals surface area contributed by atoms with Gasteiger partial charge in [-0.05, 0) is 16.6 Å². The van der Waals surface area contributed by atoms with Crippen LogP contribution in [0, 0.1) is 6.07 Å². The van der Waals surface area contributed by atoms with Crippen LogP contribution in [0.3, 0.4) is 0 Å². The minimum absolute atomic E-state index is 0.429. The van der Waals surface area contributed by atoms with Gasteiger partial charge >= 0.3 is 11.8 Å². The summed E-state index contributed by atoms with van der Waals surface area (Å²) >= 11 is 0. The van der Waals surface area contributed by atoms with E-state index in [0.717, 1.165) is 11.3 Å². The number of ether oxygens (including phenoxy) is 1. The van der Waals surface area contributed by atoms with Gasteiger partial charge < -0.3 is 10.1 Å². The Morgan fingerprint density at radius 3 is 2.91 bits per heavy atom. The molecule has 0 atom stereocenters. The predicted molar refractivity (Wildman–Crippen MR) is 84.2 cm³/mol. The van der Waals surface area contributed by atoms with Crippen LogP contribution in [0.5, 0.6) is 0 Å². The molecule has 110 valence electrons. The number of nitrogens with zero attached hydrogens (tertiary/aromatic N) is 4. The fraction of sp³-hybridized carbons (Fsp3) is 0.188. The van der Waals surface area contributed by atoms with E-state index in [1.165, 1.54) is 0 Å². The van der Waals surface area contributed by atoms with E-state index in [0.29, 0.717) is 24.9 Å². The van der Waals surface area contributed by atoms with Gasteiger partial charge in [-0.1, -0.05) is 35.0 Å². The van der Waals surface area contributed by atoms with Crippen LogP contribution in [0.15, 0.2) is 65.4 Å². The summed E-state index contributed by atoms with van der Waals surface area (Å²) in [5.41, 5.74) is 1.91. The van der Waals surface area contributed by atoms with Gasteiger partial charge in [0, 0.05) is 7.05 Å². The van der Waals surface area contributed by atoms with E-state index in [1.54, 1.807) is 17.1 Å². The zero-order valence-electron chi connectivity index (χ0n) is 12.2. The molecule has 0 saturated carbocycles. The molecule has 0 saturated heterocycles. The molecule has 22 heavy (non-hydrogen) atoms. The standard InChI is InChI=1S/C16H16N5O/c1-17-14-8-10-18-16(21-11-5-9-19-21)20-15(14)22-12-13-6-3-2-4-7-13/h2-7,9,11,17H,8,12H2,1H3/q+1. The molecule has 2 aromatic rings. The van der Waals surface area contributed by atoms with Crippen molar-refractivity contribution in [2.24, 2.45) is 4.99 Å². The van der Waals surface area contributed by atoms with Gasteiger partial charge in [-0.3, -0.25) is 0 Å². The van der Waals surface area contributed by atoms with Crippen LogP contribution in [-0.2, 0) is 11.3 Å². The van der Waals surface area contributed by atoms with E-state index >= 15 is 0 Å². The van der Waals surface area contributed by atoms with Crippen LogP contribution in [0.2, 0.25) is 0 Å². The molecular weight excluding hydrogens is 278 g/mol. The number of allylic oxidation sites excluding steroid dienone is 1. The molecule has 1 aromatic heterocycles. The monoisotopic (exact) mass is 294 g/mol. The number of benzene rings is 1. The molecule has 0 aliphatic carbocycles. The van der Waals surface area contributed by atoms with Gasteiger partial charge in [0.1, 0.15) is 18.4 Å². The van der Waals surface area contributed by atoms with Crippen LogP contribution in [0.4, 0.5) is 0 Å². The minimum atomic E-state index is 0.429. The van der Waals surface area contributed by atoms with Crippen molar-refractivity contribution in [2.75, 3.05) is 7.05 Å². The zero-order valence-corrected chi connectivity index (χ0v) is 12.2. The summed E-state index contributed by atoms with van der Waals surface area (Å²) in [4.78, 5) is 8.68. The summed E-state index contributed by atoms with van der Waals surface area (Å²) in [7, 11) is 1.83. The number of nitrogens with one attached hydrogen (secondary N) is 1. The van der Waals surface area contributed by atoms with Crippen LogP contribution in [-0.4, -0.2) is 22.8 Å². The molecule has 6 heteroatoms. The van der Waals surface area contributed by atoms with Gasteiger partial charge in [0.25, 0.3) is 0 Å². The van der Waals surface area contributed by atoms with Crippen molar-refractivity contribution in [1.82, 2.24) is 15.1 Å². The summed E-state index contributed by atoms with van der Waals surface area (Å²) in [6.07, 6.45) is 3.97. The highest BCUT2D eigenvalue weighted by molar-refractivity contribution is 5.92. The number of aromatic nitrogens is 2. The predicted octanol–water partition coefficient (Wildman–Crippen LogP) is 2.43. The largest absolute Gasteiger partial charge is 0.523 e. The average molecular weight is 294 g/mol. The molecule has 0 amide bonds. The quantitative estimate of drug-likeness (QED) is 0.942. The van der Waals surface area contributed by atoms with Crippen molar-refractivity contribution in [3.8, 4) is 6.07 Å². The highest BCUT2D eigenvalue weighted by Crippen LogP contribution is 2.15. The maximum Gasteiger partial charge on any atom is 0.523 e. The average Bonchev–Trinajstić information content (AvgIpc) is 3.02. The van der Waals surface area contributed by atoms with Crippen molar-refractivity contribution in [3.05, 3.63) is 70.8 Å². The summed E-state index contributed by atoms with van der Waals surface area (Å²) in [5.74, 6) is 0.934. The lowest BCUT2D eigenvalue weighted by atomic mass is 10.2. The molecular formula is C16H16N5O+. The third-order valence-corrected chi connectivity index (χ3v) is 3.12. The Morgan fingerprint density at radius 1 is 1.32 bits per heavy atom. The summed E-state index contributed by atoms with van der Waals surface area (Å²) in [5, 5.41) is 7.23. The number of rotatable bonds is 4. The summed E-state index contributed by atoms with van der Waals surface area (Å²) < 4.78 is 7.45. The maximum absolute atomic E-state index is 5.87. The van der Waals surface area contributed by atoms with Gasteiger partial charge in [-0.15, -0.1) is 5.10 Å². The van der Waals surface area contributed by atoms with E-state index in [1.807, 2.05) is 43.4 Å². The molecule has 1 N–H and O–H groups in total. The lowest BCUT2D eigenvalue weighted by Crippen LogP contribution is -2.12. The Balaban J connectivity index is 1.85. The van der Waals surface area contributed by atoms with Crippen molar-refractivity contribution < 1.29 is 4.74 Å². The van der Waals surface area contributed by atoms with Crippen LogP contribution in [0.1, 0.15) is 12.0 Å². The molecule has 2 heterocycles. The third-order valence-electron chi connectivity index (χ3n) is 3.12. The topological polar surface area (TPSA) is 55.8 Å². The SMILES string of the molecule is CNC1=C(OCc2ccccc2)N=C(n2cccn2)[N+]#CC1. The molecule has 1 aliphatic heterocycles. The first-order chi connectivity index (χ1) is 10.9. The lowest BCUT2D eigenvalue weighted by Gasteiger charge is -2.07. The zero-order chi connectivity index (χ0) is 15.2. The second-order valence-electron chi connectivity index (χ2n) is 4.62. The second kappa shape index (κ2) is 6.59. The van der Waals surface area contributed by atoms with Crippen molar-refractivity contribution in [3.63, 3.8) is 0 Å². The lowest BCUT2D eigenvalue weighted by molar-refractivity contribution is 0.191. The Kier molecular flexibility index (Phi) is 4.16. The molecule has 6 nitrogen and oxygen atoms in total. The molecule has 1 aromatic carbocycles. The first kappa shape index (κ1) is 13.9. The molecule has 0 bridgehead atoms. The van der Waals surface area contributed by atoms with E-state index < -0.39 is 0 Å².